The maximum atomic E-state index is 12.2. The van der Waals surface area contributed by atoms with Crippen LogP contribution in [0, 0.1) is 0 Å². The number of para-hydroxylation sites is 1. The highest BCUT2D eigenvalue weighted by Crippen LogP contribution is 2.38. The van der Waals surface area contributed by atoms with Crippen LogP contribution >= 0.6 is 11.3 Å². The van der Waals surface area contributed by atoms with Crippen LogP contribution in [0.15, 0.2) is 24.3 Å². The summed E-state index contributed by atoms with van der Waals surface area (Å²) in [5.74, 6) is 0.182. The normalized spacial score (nSPS) is 22.7. The van der Waals surface area contributed by atoms with Crippen molar-refractivity contribution in [3.63, 3.8) is 0 Å². The average molecular weight is 385 g/mol. The molecule has 142 valence electrons. The fourth-order valence-corrected chi connectivity index (χ4v) is 5.09. The van der Waals surface area contributed by atoms with Gasteiger partial charge in [0, 0.05) is 37.8 Å². The maximum absolute atomic E-state index is 12.2. The van der Waals surface area contributed by atoms with Gasteiger partial charge in [-0.25, -0.2) is 4.98 Å². The number of likely N-dealkylation sites (tertiary alicyclic amines) is 1. The van der Waals surface area contributed by atoms with E-state index in [1.807, 2.05) is 18.2 Å². The molecule has 1 aromatic carbocycles. The molecule has 0 bridgehead atoms. The molecule has 2 aliphatic rings. The summed E-state index contributed by atoms with van der Waals surface area (Å²) in [5, 5.41) is 4.28. The van der Waals surface area contributed by atoms with Crippen LogP contribution in [-0.2, 0) is 14.4 Å². The first-order chi connectivity index (χ1) is 13.1. The molecule has 4 rings (SSSR count). The predicted molar refractivity (Wildman–Crippen MR) is 103 cm³/mol. The van der Waals surface area contributed by atoms with Gasteiger partial charge in [0.1, 0.15) is 0 Å². The van der Waals surface area contributed by atoms with Gasteiger partial charge in [0.15, 0.2) is 0 Å². The molecule has 2 aromatic rings. The molecule has 1 aliphatic carbocycles. The molecule has 2 fully saturated rings. The Morgan fingerprint density at radius 1 is 1.19 bits per heavy atom. The third kappa shape index (κ3) is 4.03. The number of rotatable bonds is 6. The number of hydrogen-bond donors (Lipinski definition) is 1. The third-order valence-electron chi connectivity index (χ3n) is 5.40. The van der Waals surface area contributed by atoms with Crippen molar-refractivity contribution in [2.75, 3.05) is 6.54 Å². The van der Waals surface area contributed by atoms with Crippen LogP contribution in [0.3, 0.4) is 0 Å². The Hall–Kier alpha value is -2.28. The summed E-state index contributed by atoms with van der Waals surface area (Å²) < 4.78 is 1.21. The lowest BCUT2D eigenvalue weighted by Crippen LogP contribution is -2.34. The number of hydrogen-bond acceptors (Lipinski definition) is 5. The Kier molecular flexibility index (Phi) is 5.20. The SMILES string of the molecule is O=C(CCCN1C(=O)CCC1=O)N[C@H]1CC[C@@H](c2nc3ccccc3s2)C1. The van der Waals surface area contributed by atoms with Crippen LogP contribution in [0.4, 0.5) is 0 Å². The number of benzene rings is 1. The lowest BCUT2D eigenvalue weighted by Gasteiger charge is -2.15. The quantitative estimate of drug-likeness (QED) is 0.776. The third-order valence-corrected chi connectivity index (χ3v) is 6.60. The number of aromatic nitrogens is 1. The van der Waals surface area contributed by atoms with E-state index in [0.29, 0.717) is 38.1 Å². The van der Waals surface area contributed by atoms with Crippen LogP contribution in [-0.4, -0.2) is 40.2 Å². The van der Waals surface area contributed by atoms with Crippen molar-refractivity contribution in [1.82, 2.24) is 15.2 Å². The maximum Gasteiger partial charge on any atom is 0.229 e. The van der Waals surface area contributed by atoms with Crippen LogP contribution in [0.1, 0.15) is 55.9 Å². The number of amides is 3. The Bertz CT molecular complexity index is 829. The van der Waals surface area contributed by atoms with E-state index in [2.05, 4.69) is 11.4 Å². The second kappa shape index (κ2) is 7.76. The molecule has 27 heavy (non-hydrogen) atoms. The van der Waals surface area contributed by atoms with E-state index in [1.54, 1.807) is 11.3 Å². The molecule has 1 saturated heterocycles. The highest BCUT2D eigenvalue weighted by Gasteiger charge is 2.30. The van der Waals surface area contributed by atoms with Gasteiger partial charge < -0.3 is 5.32 Å². The standard InChI is InChI=1S/C20H23N3O3S/c24-17(6-3-11-23-18(25)9-10-19(23)26)21-14-8-7-13(12-14)20-22-15-4-1-2-5-16(15)27-20/h1-2,4-5,13-14H,3,6-12H2,(H,21,24)/t13-,14+/m1/s1. The topological polar surface area (TPSA) is 79.4 Å². The molecule has 2 heterocycles. The molecule has 0 unspecified atom stereocenters. The molecule has 1 saturated carbocycles. The molecule has 2 atom stereocenters. The lowest BCUT2D eigenvalue weighted by atomic mass is 10.1. The van der Waals surface area contributed by atoms with Crippen molar-refractivity contribution < 1.29 is 14.4 Å². The fourth-order valence-electron chi connectivity index (χ4n) is 3.97. The lowest BCUT2D eigenvalue weighted by molar-refractivity contribution is -0.138. The average Bonchev–Trinajstić information content (AvgIpc) is 3.35. The molecule has 0 spiro atoms. The van der Waals surface area contributed by atoms with E-state index in [9.17, 15) is 14.4 Å². The van der Waals surface area contributed by atoms with E-state index in [-0.39, 0.29) is 23.8 Å². The van der Waals surface area contributed by atoms with Crippen LogP contribution in [0.25, 0.3) is 10.2 Å². The van der Waals surface area contributed by atoms with Crippen molar-refractivity contribution in [3.05, 3.63) is 29.3 Å². The second-order valence-corrected chi connectivity index (χ2v) is 8.40. The Balaban J connectivity index is 1.24. The first kappa shape index (κ1) is 18.1. The second-order valence-electron chi connectivity index (χ2n) is 7.34. The monoisotopic (exact) mass is 385 g/mol. The number of nitrogens with one attached hydrogen (secondary N) is 1. The zero-order valence-electron chi connectivity index (χ0n) is 15.1. The van der Waals surface area contributed by atoms with Gasteiger partial charge in [0.25, 0.3) is 0 Å². The van der Waals surface area contributed by atoms with Gasteiger partial charge in [0.05, 0.1) is 15.2 Å². The van der Waals surface area contributed by atoms with E-state index in [4.69, 9.17) is 4.98 Å². The summed E-state index contributed by atoms with van der Waals surface area (Å²) in [4.78, 5) is 41.4. The van der Waals surface area contributed by atoms with Crippen molar-refractivity contribution in [2.45, 2.75) is 56.9 Å². The van der Waals surface area contributed by atoms with Crippen molar-refractivity contribution in [3.8, 4) is 0 Å². The highest BCUT2D eigenvalue weighted by molar-refractivity contribution is 7.18. The predicted octanol–water partition coefficient (Wildman–Crippen LogP) is 2.98. The van der Waals surface area contributed by atoms with Crippen molar-refractivity contribution in [1.29, 1.82) is 0 Å². The number of carbonyl (C=O) groups is 3. The minimum Gasteiger partial charge on any atom is -0.353 e. The Morgan fingerprint density at radius 2 is 1.96 bits per heavy atom. The number of fused-ring (bicyclic) bond motifs is 1. The van der Waals surface area contributed by atoms with Gasteiger partial charge in [-0.1, -0.05) is 12.1 Å². The zero-order chi connectivity index (χ0) is 18.8. The van der Waals surface area contributed by atoms with Crippen LogP contribution in [0.5, 0.6) is 0 Å². The van der Waals surface area contributed by atoms with Gasteiger partial charge in [-0.05, 0) is 37.8 Å². The minimum absolute atomic E-state index is 0.00375. The first-order valence-electron chi connectivity index (χ1n) is 9.58. The number of nitrogens with zero attached hydrogens (tertiary/aromatic N) is 2. The fraction of sp³-hybridized carbons (Fsp3) is 0.500. The van der Waals surface area contributed by atoms with Gasteiger partial charge >= 0.3 is 0 Å². The van der Waals surface area contributed by atoms with Gasteiger partial charge in [-0.15, -0.1) is 11.3 Å². The summed E-state index contributed by atoms with van der Waals surface area (Å²) in [6.07, 6.45) is 4.42. The van der Waals surface area contributed by atoms with E-state index < -0.39 is 0 Å². The number of imide groups is 1. The molecule has 1 aromatic heterocycles. The van der Waals surface area contributed by atoms with Crippen molar-refractivity contribution >= 4 is 39.3 Å². The van der Waals surface area contributed by atoms with Crippen molar-refractivity contribution in [2.24, 2.45) is 0 Å². The summed E-state index contributed by atoms with van der Waals surface area (Å²) in [7, 11) is 0. The number of carbonyl (C=O) groups excluding carboxylic acids is 3. The molecule has 6 nitrogen and oxygen atoms in total. The molecule has 1 N–H and O–H groups in total. The smallest absolute Gasteiger partial charge is 0.229 e. The number of thiazole rings is 1. The minimum atomic E-state index is -0.116. The summed E-state index contributed by atoms with van der Waals surface area (Å²) in [6.45, 7) is 0.351. The van der Waals surface area contributed by atoms with Crippen LogP contribution in [0.2, 0.25) is 0 Å². The molecule has 7 heteroatoms. The van der Waals surface area contributed by atoms with E-state index in [1.165, 1.54) is 14.6 Å². The molecular formula is C20H23N3O3S. The summed E-state index contributed by atoms with van der Waals surface area (Å²) in [5.41, 5.74) is 1.05. The molecule has 0 radical (unpaired) electrons. The molecule has 3 amide bonds. The Morgan fingerprint density at radius 3 is 2.74 bits per heavy atom. The largest absolute Gasteiger partial charge is 0.353 e. The van der Waals surface area contributed by atoms with Gasteiger partial charge in [0.2, 0.25) is 17.7 Å². The van der Waals surface area contributed by atoms with E-state index in [0.717, 1.165) is 24.8 Å². The summed E-state index contributed by atoms with van der Waals surface area (Å²) in [6, 6.07) is 8.36. The van der Waals surface area contributed by atoms with Gasteiger partial charge in [-0.2, -0.15) is 0 Å². The van der Waals surface area contributed by atoms with Crippen LogP contribution < -0.4 is 5.32 Å². The highest BCUT2D eigenvalue weighted by atomic mass is 32.1. The van der Waals surface area contributed by atoms with E-state index >= 15 is 0 Å². The molecular weight excluding hydrogens is 362 g/mol. The summed E-state index contributed by atoms with van der Waals surface area (Å²) >= 11 is 1.75. The Labute approximate surface area is 161 Å². The molecule has 1 aliphatic heterocycles. The first-order valence-corrected chi connectivity index (χ1v) is 10.4. The zero-order valence-corrected chi connectivity index (χ0v) is 16.0. The van der Waals surface area contributed by atoms with Gasteiger partial charge in [-0.3, -0.25) is 19.3 Å².